The summed E-state index contributed by atoms with van der Waals surface area (Å²) in [5, 5.41) is 14.9. The van der Waals surface area contributed by atoms with Crippen molar-refractivity contribution < 1.29 is 4.79 Å². The van der Waals surface area contributed by atoms with Crippen molar-refractivity contribution in [1.82, 2.24) is 34.9 Å². The van der Waals surface area contributed by atoms with E-state index in [4.69, 9.17) is 0 Å². The molecule has 12 heteroatoms. The highest BCUT2D eigenvalue weighted by Crippen LogP contribution is 2.22. The molecule has 0 spiro atoms. The van der Waals surface area contributed by atoms with Gasteiger partial charge in [0.1, 0.15) is 18.3 Å². The van der Waals surface area contributed by atoms with Gasteiger partial charge in [0.15, 0.2) is 11.6 Å². The van der Waals surface area contributed by atoms with Crippen LogP contribution in [-0.2, 0) is 4.79 Å². The number of H-pyrrole nitrogens is 2. The number of nitrogens with zero attached hydrogens (tertiary/aromatic N) is 6. The number of carbonyl (C=O) groups is 1. The number of carbonyl (C=O) groups excluding carboxylic acids is 1. The minimum absolute atomic E-state index is 0.0293. The summed E-state index contributed by atoms with van der Waals surface area (Å²) < 4.78 is 1.52. The van der Waals surface area contributed by atoms with Gasteiger partial charge in [0, 0.05) is 25.2 Å². The fourth-order valence-corrected chi connectivity index (χ4v) is 3.04. The molecule has 28 heavy (non-hydrogen) atoms. The average Bonchev–Trinajstić information content (AvgIpc) is 3.25. The van der Waals surface area contributed by atoms with Crippen LogP contribution in [0.2, 0.25) is 0 Å². The lowest BCUT2D eigenvalue weighted by Crippen LogP contribution is -2.39. The highest BCUT2D eigenvalue weighted by molar-refractivity contribution is 5.92. The fraction of sp³-hybridized carbons (Fsp3) is 0.312. The summed E-state index contributed by atoms with van der Waals surface area (Å²) in [5.74, 6) is 0.816. The van der Waals surface area contributed by atoms with Crippen LogP contribution in [-0.4, -0.2) is 53.9 Å². The molecule has 1 aliphatic heterocycles. The zero-order valence-electron chi connectivity index (χ0n) is 14.7. The van der Waals surface area contributed by atoms with Crippen LogP contribution in [0.1, 0.15) is 12.8 Å². The van der Waals surface area contributed by atoms with Crippen LogP contribution in [0.25, 0.3) is 5.82 Å². The van der Waals surface area contributed by atoms with Crippen molar-refractivity contribution in [2.24, 2.45) is 5.92 Å². The first-order chi connectivity index (χ1) is 13.6. The smallest absolute Gasteiger partial charge is 0.325 e. The first-order valence-electron chi connectivity index (χ1n) is 8.67. The lowest BCUT2D eigenvalue weighted by Gasteiger charge is -2.31. The zero-order chi connectivity index (χ0) is 19.5. The van der Waals surface area contributed by atoms with Crippen LogP contribution >= 0.6 is 0 Å². The van der Waals surface area contributed by atoms with Crippen LogP contribution in [0.3, 0.4) is 0 Å². The number of anilines is 2. The number of hydrogen-bond donors (Lipinski definition) is 3. The van der Waals surface area contributed by atoms with Crippen LogP contribution in [0.4, 0.5) is 11.5 Å². The number of amides is 1. The van der Waals surface area contributed by atoms with Gasteiger partial charge in [-0.2, -0.15) is 5.10 Å². The molecule has 3 aromatic heterocycles. The van der Waals surface area contributed by atoms with Gasteiger partial charge in [-0.25, -0.2) is 14.5 Å². The van der Waals surface area contributed by atoms with Crippen molar-refractivity contribution in [3.63, 3.8) is 0 Å². The molecule has 3 N–H and O–H groups in total. The summed E-state index contributed by atoms with van der Waals surface area (Å²) in [7, 11) is 0. The molecule has 0 saturated carbocycles. The molecule has 0 unspecified atom stereocenters. The number of aromatic amines is 2. The Bertz CT molecular complexity index is 1060. The third-order valence-corrected chi connectivity index (χ3v) is 4.56. The second kappa shape index (κ2) is 7.42. The van der Waals surface area contributed by atoms with E-state index in [1.165, 1.54) is 17.2 Å². The van der Waals surface area contributed by atoms with Gasteiger partial charge < -0.3 is 15.2 Å². The number of piperidine rings is 1. The van der Waals surface area contributed by atoms with Crippen molar-refractivity contribution in [2.75, 3.05) is 23.3 Å². The minimum Gasteiger partial charge on any atom is -0.355 e. The number of rotatable bonds is 4. The molecule has 0 atom stereocenters. The SMILES string of the molecule is O=C(Nc1c[nH]c(=O)[nH]c1=O)C1CCN(c2ccc(-n3cncn3)nn2)CC1. The van der Waals surface area contributed by atoms with Crippen molar-refractivity contribution in [2.45, 2.75) is 12.8 Å². The predicted octanol–water partition coefficient (Wildman–Crippen LogP) is -0.711. The maximum Gasteiger partial charge on any atom is 0.325 e. The van der Waals surface area contributed by atoms with Gasteiger partial charge in [-0.05, 0) is 25.0 Å². The van der Waals surface area contributed by atoms with Crippen molar-refractivity contribution in [3.05, 3.63) is 51.8 Å². The first-order valence-corrected chi connectivity index (χ1v) is 8.67. The monoisotopic (exact) mass is 383 g/mol. The summed E-state index contributed by atoms with van der Waals surface area (Å²) in [5.41, 5.74) is -1.22. The van der Waals surface area contributed by atoms with E-state index in [1.54, 1.807) is 12.4 Å². The van der Waals surface area contributed by atoms with Gasteiger partial charge in [0.2, 0.25) is 5.91 Å². The van der Waals surface area contributed by atoms with Crippen molar-refractivity contribution in [3.8, 4) is 5.82 Å². The molecule has 1 fully saturated rings. The Kier molecular flexibility index (Phi) is 4.66. The van der Waals surface area contributed by atoms with Crippen LogP contribution in [0, 0.1) is 5.92 Å². The lowest BCUT2D eigenvalue weighted by atomic mass is 9.96. The molecule has 144 valence electrons. The van der Waals surface area contributed by atoms with E-state index in [0.717, 1.165) is 5.82 Å². The average molecular weight is 383 g/mol. The Morgan fingerprint density at radius 1 is 1.14 bits per heavy atom. The molecule has 12 nitrogen and oxygen atoms in total. The normalized spacial score (nSPS) is 14.8. The molecule has 4 heterocycles. The zero-order valence-corrected chi connectivity index (χ0v) is 14.7. The molecule has 1 aliphatic rings. The third-order valence-electron chi connectivity index (χ3n) is 4.56. The number of aromatic nitrogens is 7. The Hall–Kier alpha value is -3.83. The standard InChI is InChI=1S/C16H17N9O3/c26-14(20-11-7-18-16(28)21-15(11)27)10-3-5-24(6-4-10)12-1-2-13(23-22-12)25-9-17-8-19-25/h1-2,7-10H,3-6H2,(H,20,26)(H2,18,21,27,28). The molecule has 0 bridgehead atoms. The van der Waals surface area contributed by atoms with Gasteiger partial charge in [0.25, 0.3) is 5.56 Å². The quantitative estimate of drug-likeness (QED) is 0.534. The van der Waals surface area contributed by atoms with E-state index in [1.807, 2.05) is 6.07 Å². The van der Waals surface area contributed by atoms with E-state index in [0.29, 0.717) is 31.7 Å². The largest absolute Gasteiger partial charge is 0.355 e. The van der Waals surface area contributed by atoms with Crippen LogP contribution < -0.4 is 21.5 Å². The molecular formula is C16H17N9O3. The molecular weight excluding hydrogens is 366 g/mol. The maximum absolute atomic E-state index is 12.4. The van der Waals surface area contributed by atoms with Crippen LogP contribution in [0.15, 0.2) is 40.6 Å². The van der Waals surface area contributed by atoms with E-state index in [-0.39, 0.29) is 17.5 Å². The molecule has 0 aromatic carbocycles. The lowest BCUT2D eigenvalue weighted by molar-refractivity contribution is -0.120. The highest BCUT2D eigenvalue weighted by Gasteiger charge is 2.26. The summed E-state index contributed by atoms with van der Waals surface area (Å²) in [6, 6.07) is 3.66. The van der Waals surface area contributed by atoms with Gasteiger partial charge >= 0.3 is 5.69 Å². The molecule has 0 aliphatic carbocycles. The van der Waals surface area contributed by atoms with E-state index in [9.17, 15) is 14.4 Å². The summed E-state index contributed by atoms with van der Waals surface area (Å²) in [4.78, 5) is 45.5. The van der Waals surface area contributed by atoms with Gasteiger partial charge in [-0.1, -0.05) is 0 Å². The van der Waals surface area contributed by atoms with Crippen LogP contribution in [0.5, 0.6) is 0 Å². The molecule has 1 amide bonds. The third kappa shape index (κ3) is 3.65. The molecule has 0 radical (unpaired) electrons. The predicted molar refractivity (Wildman–Crippen MR) is 98.2 cm³/mol. The molecule has 4 rings (SSSR count). The summed E-state index contributed by atoms with van der Waals surface area (Å²) in [6.07, 6.45) is 5.38. The summed E-state index contributed by atoms with van der Waals surface area (Å²) in [6.45, 7) is 1.27. The van der Waals surface area contributed by atoms with Gasteiger partial charge in [0.05, 0.1) is 0 Å². The first kappa shape index (κ1) is 17.6. The van der Waals surface area contributed by atoms with Crippen molar-refractivity contribution in [1.29, 1.82) is 0 Å². The van der Waals surface area contributed by atoms with Gasteiger partial charge in [-0.3, -0.25) is 14.6 Å². The second-order valence-corrected chi connectivity index (χ2v) is 6.33. The van der Waals surface area contributed by atoms with E-state index >= 15 is 0 Å². The summed E-state index contributed by atoms with van der Waals surface area (Å²) >= 11 is 0. The second-order valence-electron chi connectivity index (χ2n) is 6.33. The highest BCUT2D eigenvalue weighted by atomic mass is 16.2. The van der Waals surface area contributed by atoms with E-state index < -0.39 is 11.2 Å². The van der Waals surface area contributed by atoms with Crippen molar-refractivity contribution >= 4 is 17.4 Å². The molecule has 3 aromatic rings. The number of hydrogen-bond acceptors (Lipinski definition) is 8. The Labute approximate surface area is 157 Å². The number of nitrogens with one attached hydrogen (secondary N) is 3. The van der Waals surface area contributed by atoms with E-state index in [2.05, 4.69) is 40.5 Å². The molecule has 1 saturated heterocycles. The minimum atomic E-state index is -0.628. The Morgan fingerprint density at radius 2 is 1.89 bits per heavy atom. The maximum atomic E-state index is 12.4. The Balaban J connectivity index is 1.35. The fourth-order valence-electron chi connectivity index (χ4n) is 3.04. The topological polar surface area (TPSA) is 155 Å². The Morgan fingerprint density at radius 3 is 2.54 bits per heavy atom. The van der Waals surface area contributed by atoms with Gasteiger partial charge in [-0.15, -0.1) is 10.2 Å².